The second-order valence-electron chi connectivity index (χ2n) is 23.8. The first-order chi connectivity index (χ1) is 49.0. The number of nitrogens with one attached hydrogen (secondary N) is 7. The SMILES string of the molecule is CC[C@]1(OC(=O)N(C)CCN(C)C(=O)CNC(=O)CNC(=O)CNC(=O)CNC(=O)CNC(=O)CCOCCOCCOCCOCCNC(=O)c2ccc3nc(CBr)c(CBr)nc3c2)C(=O)OCc2c1cc1n(c2=O)Cc2c-1nc1cc(F)c(C)c3c1c2[C@H](NC(=O)c1cccc(N)n1)CC3. The molecular formula is C67H78Br2FN15O17. The van der Waals surface area contributed by atoms with Crippen LogP contribution in [0.4, 0.5) is 15.0 Å². The van der Waals surface area contributed by atoms with Gasteiger partial charge in [-0.05, 0) is 79.3 Å². The van der Waals surface area contributed by atoms with Crippen LogP contribution in [0.3, 0.4) is 0 Å². The van der Waals surface area contributed by atoms with Gasteiger partial charge in [0.25, 0.3) is 17.4 Å². The van der Waals surface area contributed by atoms with Crippen molar-refractivity contribution < 1.29 is 80.8 Å². The van der Waals surface area contributed by atoms with E-state index in [1.807, 2.05) is 0 Å². The lowest BCUT2D eigenvalue weighted by Gasteiger charge is -2.36. The summed E-state index contributed by atoms with van der Waals surface area (Å²) in [6.45, 7) is 2.42. The molecule has 3 aliphatic rings. The maximum absolute atomic E-state index is 15.6. The van der Waals surface area contributed by atoms with Crippen LogP contribution in [0.1, 0.15) is 97.8 Å². The lowest BCUT2D eigenvalue weighted by atomic mass is 9.81. The van der Waals surface area contributed by atoms with E-state index in [0.717, 1.165) is 21.9 Å². The Kier molecular flexibility index (Phi) is 26.8. The van der Waals surface area contributed by atoms with Crippen LogP contribution in [0.5, 0.6) is 0 Å². The number of halogens is 3. The number of alkyl halides is 2. The number of pyridine rings is 3. The summed E-state index contributed by atoms with van der Waals surface area (Å²) < 4.78 is 50.5. The Morgan fingerprint density at radius 3 is 1.90 bits per heavy atom. The number of esters is 1. The molecule has 32 nitrogen and oxygen atoms in total. The molecule has 35 heteroatoms. The first-order valence-corrected chi connectivity index (χ1v) is 34.9. The molecule has 0 bridgehead atoms. The smallest absolute Gasteiger partial charge is 0.411 e. The Morgan fingerprint density at radius 1 is 0.676 bits per heavy atom. The molecule has 0 saturated heterocycles. The Labute approximate surface area is 600 Å². The monoisotopic (exact) mass is 1540 g/mol. The number of nitrogen functional groups attached to an aromatic ring is 1. The normalized spacial score (nSPS) is 14.7. The average molecular weight is 1540 g/mol. The molecule has 6 aromatic rings. The second-order valence-corrected chi connectivity index (χ2v) is 24.9. The molecule has 2 aromatic carbocycles. The van der Waals surface area contributed by atoms with Crippen molar-refractivity contribution in [2.45, 2.75) is 75.0 Å². The van der Waals surface area contributed by atoms with Crippen molar-refractivity contribution in [3.05, 3.63) is 121 Å². The van der Waals surface area contributed by atoms with Gasteiger partial charge in [0.1, 0.15) is 23.9 Å². The molecule has 6 heterocycles. The van der Waals surface area contributed by atoms with Gasteiger partial charge in [-0.2, -0.15) is 0 Å². The van der Waals surface area contributed by atoms with E-state index in [1.165, 1.54) is 35.7 Å². The van der Waals surface area contributed by atoms with Gasteiger partial charge in [0.2, 0.25) is 41.0 Å². The summed E-state index contributed by atoms with van der Waals surface area (Å²) in [7, 11) is 2.78. The van der Waals surface area contributed by atoms with E-state index in [-0.39, 0.29) is 86.5 Å². The highest BCUT2D eigenvalue weighted by Crippen LogP contribution is 2.47. The molecule has 0 radical (unpaired) electrons. The number of aryl methyl sites for hydroxylation is 1. The van der Waals surface area contributed by atoms with E-state index in [0.29, 0.717) is 113 Å². The fraction of sp³-hybridized carbons (Fsp3) is 0.448. The van der Waals surface area contributed by atoms with Gasteiger partial charge >= 0.3 is 12.1 Å². The van der Waals surface area contributed by atoms with E-state index in [1.54, 1.807) is 50.2 Å². The van der Waals surface area contributed by atoms with Crippen LogP contribution < -0.4 is 48.5 Å². The fourth-order valence-electron chi connectivity index (χ4n) is 11.5. The first-order valence-electron chi connectivity index (χ1n) is 32.7. The summed E-state index contributed by atoms with van der Waals surface area (Å²) in [5.74, 6) is -6.00. The quantitative estimate of drug-likeness (QED) is 0.0159. The van der Waals surface area contributed by atoms with Gasteiger partial charge in [-0.1, -0.05) is 44.8 Å². The number of hydrogen-bond acceptors (Lipinski definition) is 22. The number of hydrogen-bond donors (Lipinski definition) is 8. The number of cyclic esters (lactones) is 1. The number of nitrogens with two attached hydrogens (primary N) is 1. The Hall–Kier alpha value is -9.68. The van der Waals surface area contributed by atoms with E-state index in [2.05, 4.69) is 84.0 Å². The number of ether oxygens (including phenoxy) is 6. The molecule has 0 unspecified atom stereocenters. The molecule has 2 atom stereocenters. The predicted molar refractivity (Wildman–Crippen MR) is 371 cm³/mol. The lowest BCUT2D eigenvalue weighted by Crippen LogP contribution is -2.50. The van der Waals surface area contributed by atoms with Crippen LogP contribution in [0.2, 0.25) is 0 Å². The van der Waals surface area contributed by atoms with E-state index < -0.39 is 116 Å². The van der Waals surface area contributed by atoms with Gasteiger partial charge < -0.3 is 85.7 Å². The molecule has 102 heavy (non-hydrogen) atoms. The van der Waals surface area contributed by atoms with Gasteiger partial charge in [0.05, 0.1) is 143 Å². The van der Waals surface area contributed by atoms with Crippen molar-refractivity contribution in [1.29, 1.82) is 0 Å². The zero-order chi connectivity index (χ0) is 73.2. The summed E-state index contributed by atoms with van der Waals surface area (Å²) >= 11 is 6.85. The maximum atomic E-state index is 15.6. The molecule has 2 aliphatic heterocycles. The minimum Gasteiger partial charge on any atom is -0.457 e. The van der Waals surface area contributed by atoms with Gasteiger partial charge in [0.15, 0.2) is 0 Å². The summed E-state index contributed by atoms with van der Waals surface area (Å²) in [5.41, 5.74) is 10.2. The van der Waals surface area contributed by atoms with Gasteiger partial charge in [-0.15, -0.1) is 0 Å². The molecule has 4 aromatic heterocycles. The Morgan fingerprint density at radius 2 is 1.27 bits per heavy atom. The Bertz CT molecular complexity index is 4280. The summed E-state index contributed by atoms with van der Waals surface area (Å²) in [6, 6.07) is 12.1. The number of likely N-dealkylation sites (N-methyl/N-ethyl adjacent to an activating group) is 2. The number of fused-ring (bicyclic) bond motifs is 6. The van der Waals surface area contributed by atoms with Crippen LogP contribution in [-0.2, 0) is 97.8 Å². The summed E-state index contributed by atoms with van der Waals surface area (Å²) in [6.07, 6.45) is -0.416. The van der Waals surface area contributed by atoms with E-state index in [9.17, 15) is 52.7 Å². The molecule has 0 fully saturated rings. The third-order valence-electron chi connectivity index (χ3n) is 17.1. The van der Waals surface area contributed by atoms with Crippen molar-refractivity contribution in [3.63, 3.8) is 0 Å². The van der Waals surface area contributed by atoms with Crippen LogP contribution in [0.15, 0.2) is 53.3 Å². The van der Waals surface area contributed by atoms with Crippen molar-refractivity contribution in [2.24, 2.45) is 0 Å². The molecule has 544 valence electrons. The maximum Gasteiger partial charge on any atom is 0.411 e. The molecule has 9 N–H and O–H groups in total. The number of anilines is 1. The Balaban J connectivity index is 0.610. The van der Waals surface area contributed by atoms with E-state index in [4.69, 9.17) is 39.1 Å². The van der Waals surface area contributed by atoms with Crippen LogP contribution in [-0.4, -0.2) is 213 Å². The average Bonchev–Trinajstić information content (AvgIpc) is 1.46. The zero-order valence-electron chi connectivity index (χ0n) is 56.4. The highest BCUT2D eigenvalue weighted by Gasteiger charge is 2.51. The van der Waals surface area contributed by atoms with Crippen molar-refractivity contribution in [2.75, 3.05) is 125 Å². The molecule has 0 saturated carbocycles. The molecular weight excluding hydrogens is 1470 g/mol. The number of nitrogens with zero attached hydrogens (tertiary/aromatic N) is 7. The summed E-state index contributed by atoms with van der Waals surface area (Å²) in [4.78, 5) is 164. The number of carbonyl (C=O) groups excluding carboxylic acids is 10. The fourth-order valence-corrected chi connectivity index (χ4v) is 12.4. The number of benzene rings is 2. The summed E-state index contributed by atoms with van der Waals surface area (Å²) in [5, 5.41) is 19.3. The number of rotatable bonds is 35. The minimum atomic E-state index is -2.12. The zero-order valence-corrected chi connectivity index (χ0v) is 59.6. The van der Waals surface area contributed by atoms with Gasteiger partial charge in [0, 0.05) is 79.0 Å². The van der Waals surface area contributed by atoms with E-state index >= 15 is 4.39 Å². The minimum absolute atomic E-state index is 0.00707. The third kappa shape index (κ3) is 18.9. The first kappa shape index (κ1) is 76.5. The highest BCUT2D eigenvalue weighted by atomic mass is 79.9. The number of amides is 9. The van der Waals surface area contributed by atoms with Crippen molar-refractivity contribution >= 4 is 119 Å². The largest absolute Gasteiger partial charge is 0.457 e. The molecule has 9 amide bonds. The molecule has 9 rings (SSSR count). The third-order valence-corrected chi connectivity index (χ3v) is 18.2. The van der Waals surface area contributed by atoms with Gasteiger partial charge in [-0.25, -0.2) is 33.9 Å². The van der Waals surface area contributed by atoms with Crippen LogP contribution in [0, 0.1) is 12.7 Å². The molecule has 0 spiro atoms. The van der Waals surface area contributed by atoms with Crippen molar-refractivity contribution in [1.82, 2.24) is 71.5 Å². The highest BCUT2D eigenvalue weighted by molar-refractivity contribution is 9.09. The topological polar surface area (TPSA) is 416 Å². The van der Waals surface area contributed by atoms with Crippen LogP contribution >= 0.6 is 31.9 Å². The predicted octanol–water partition coefficient (Wildman–Crippen LogP) is 1.66. The molecule has 1 aliphatic carbocycles. The number of aromatic nitrogens is 5. The lowest BCUT2D eigenvalue weighted by molar-refractivity contribution is -0.173. The standard InChI is InChI=1S/C67H78Br2FN15O17/c1-5-67(42-26-51-61-40(35-85(51)64(94)41(42)36-101-65(67)95)60-45(82-63(93)46-7-6-8-52(71)80-46)12-10-39-37(2)43(70)27-48(81-61)59(39)60)102-66(96)84(4)16-15-83(3)58(91)34-77-57(90)33-76-56(89)32-75-55(88)31-74-54(87)30-73-53(86)13-17-97-19-21-99-23-24-100-22-20-98-18-14-72-62(92)38-9-11-44-47(25-38)79-50(29-69)49(28-68)78-44/h6-9,11,25-27,45H,5,10,12-24,28-36H2,1-4H3,(H2,71,80)(H,72,92)(H,73,86)(H,74,87)(H,75,88)(H,76,89)(H,77,90)(H,82,93)/t45-,67-/m1/s1. The van der Waals surface area contributed by atoms with Gasteiger partial charge in [-0.3, -0.25) is 43.2 Å². The number of carbonyl (C=O) groups is 10. The van der Waals surface area contributed by atoms with Crippen LogP contribution in [0.25, 0.3) is 33.3 Å². The van der Waals surface area contributed by atoms with Crippen molar-refractivity contribution in [3.8, 4) is 11.4 Å². The second kappa shape index (κ2) is 35.8.